The SMILES string of the molecule is CCCCOc1ccc(C(O)=C2C(=O)C(=O)N(CCN3CCOCC3)C2c2ccc(OCC(N)=O)cc2)cc1C. The fourth-order valence-corrected chi connectivity index (χ4v) is 4.87. The molecule has 0 radical (unpaired) electrons. The number of aliphatic hydroxyl groups excluding tert-OH is 1. The zero-order valence-corrected chi connectivity index (χ0v) is 23.1. The van der Waals surface area contributed by atoms with Crippen molar-refractivity contribution in [3.63, 3.8) is 0 Å². The number of hydrogen-bond acceptors (Lipinski definition) is 8. The van der Waals surface area contributed by atoms with Gasteiger partial charge in [0.2, 0.25) is 0 Å². The van der Waals surface area contributed by atoms with Crippen LogP contribution in [0, 0.1) is 6.92 Å². The van der Waals surface area contributed by atoms with Crippen molar-refractivity contribution in [3.05, 3.63) is 64.7 Å². The third kappa shape index (κ3) is 6.81. The molecule has 1 unspecified atom stereocenters. The number of ether oxygens (including phenoxy) is 3. The molecule has 2 aliphatic heterocycles. The van der Waals surface area contributed by atoms with Gasteiger partial charge in [-0.2, -0.15) is 0 Å². The number of nitrogens with zero attached hydrogens (tertiary/aromatic N) is 2. The van der Waals surface area contributed by atoms with Crippen molar-refractivity contribution in [1.29, 1.82) is 0 Å². The molecule has 0 aromatic heterocycles. The average molecular weight is 552 g/mol. The van der Waals surface area contributed by atoms with Gasteiger partial charge in [0.1, 0.15) is 17.3 Å². The van der Waals surface area contributed by atoms with Crippen LogP contribution in [0.2, 0.25) is 0 Å². The van der Waals surface area contributed by atoms with Gasteiger partial charge in [-0.15, -0.1) is 0 Å². The third-order valence-electron chi connectivity index (χ3n) is 7.08. The molecular weight excluding hydrogens is 514 g/mol. The number of aliphatic hydroxyl groups is 1. The van der Waals surface area contributed by atoms with E-state index in [9.17, 15) is 19.5 Å². The van der Waals surface area contributed by atoms with Crippen molar-refractivity contribution >= 4 is 23.4 Å². The number of aryl methyl sites for hydroxylation is 1. The largest absolute Gasteiger partial charge is 0.507 e. The van der Waals surface area contributed by atoms with Crippen molar-refractivity contribution in [2.45, 2.75) is 32.7 Å². The summed E-state index contributed by atoms with van der Waals surface area (Å²) < 4.78 is 16.6. The Morgan fingerprint density at radius 3 is 2.45 bits per heavy atom. The highest BCUT2D eigenvalue weighted by Crippen LogP contribution is 2.40. The predicted octanol–water partition coefficient (Wildman–Crippen LogP) is 2.79. The molecule has 2 fully saturated rings. The first-order chi connectivity index (χ1) is 19.3. The zero-order valence-electron chi connectivity index (χ0n) is 23.1. The van der Waals surface area contributed by atoms with Crippen LogP contribution in [0.4, 0.5) is 0 Å². The van der Waals surface area contributed by atoms with Crippen LogP contribution < -0.4 is 15.2 Å². The lowest BCUT2D eigenvalue weighted by Gasteiger charge is -2.31. The van der Waals surface area contributed by atoms with Crippen LogP contribution in [0.25, 0.3) is 5.76 Å². The molecule has 10 heteroatoms. The van der Waals surface area contributed by atoms with E-state index in [2.05, 4.69) is 11.8 Å². The summed E-state index contributed by atoms with van der Waals surface area (Å²) >= 11 is 0. The van der Waals surface area contributed by atoms with Crippen LogP contribution in [0.15, 0.2) is 48.0 Å². The molecule has 0 saturated carbocycles. The second kappa shape index (κ2) is 13.5. The van der Waals surface area contributed by atoms with Gasteiger partial charge in [0.25, 0.3) is 17.6 Å². The number of Topliss-reactive ketones (excluding diaryl/α,β-unsaturated/α-hetero) is 1. The van der Waals surface area contributed by atoms with E-state index in [1.165, 1.54) is 4.90 Å². The Morgan fingerprint density at radius 1 is 1.07 bits per heavy atom. The highest BCUT2D eigenvalue weighted by molar-refractivity contribution is 6.46. The van der Waals surface area contributed by atoms with Crippen LogP contribution in [0.1, 0.15) is 42.5 Å². The highest BCUT2D eigenvalue weighted by Gasteiger charge is 2.46. The number of rotatable bonds is 12. The molecule has 40 heavy (non-hydrogen) atoms. The topological polar surface area (TPSA) is 132 Å². The lowest BCUT2D eigenvalue weighted by Crippen LogP contribution is -2.42. The Morgan fingerprint density at radius 2 is 1.80 bits per heavy atom. The minimum absolute atomic E-state index is 0.0248. The summed E-state index contributed by atoms with van der Waals surface area (Å²) in [7, 11) is 0. The molecular formula is C30H37N3O7. The van der Waals surface area contributed by atoms with Gasteiger partial charge in [-0.3, -0.25) is 19.3 Å². The normalized spacial score (nSPS) is 19.1. The van der Waals surface area contributed by atoms with Gasteiger partial charge in [-0.25, -0.2) is 0 Å². The lowest BCUT2D eigenvalue weighted by molar-refractivity contribution is -0.140. The molecule has 10 nitrogen and oxygen atoms in total. The Labute approximate surface area is 234 Å². The quantitative estimate of drug-likeness (QED) is 0.178. The smallest absolute Gasteiger partial charge is 0.295 e. The molecule has 2 aliphatic rings. The van der Waals surface area contributed by atoms with Crippen molar-refractivity contribution in [2.75, 3.05) is 52.6 Å². The van der Waals surface area contributed by atoms with E-state index in [4.69, 9.17) is 19.9 Å². The zero-order chi connectivity index (χ0) is 28.6. The lowest BCUT2D eigenvalue weighted by atomic mass is 9.94. The van der Waals surface area contributed by atoms with Crippen LogP contribution in [-0.2, 0) is 19.1 Å². The molecule has 2 aromatic carbocycles. The first kappa shape index (κ1) is 29.1. The van der Waals surface area contributed by atoms with Gasteiger partial charge in [0, 0.05) is 31.7 Å². The van der Waals surface area contributed by atoms with Gasteiger partial charge in [0.15, 0.2) is 6.61 Å². The number of likely N-dealkylation sites (tertiary alicyclic amines) is 1. The highest BCUT2D eigenvalue weighted by atomic mass is 16.5. The number of unbranched alkanes of at least 4 members (excludes halogenated alkanes) is 1. The number of morpholine rings is 1. The van der Waals surface area contributed by atoms with Crippen molar-refractivity contribution in [3.8, 4) is 11.5 Å². The number of ketones is 1. The number of hydrogen-bond donors (Lipinski definition) is 2. The van der Waals surface area contributed by atoms with Crippen LogP contribution in [-0.4, -0.2) is 85.1 Å². The fraction of sp³-hybridized carbons (Fsp3) is 0.433. The van der Waals surface area contributed by atoms with Crippen LogP contribution in [0.5, 0.6) is 11.5 Å². The summed E-state index contributed by atoms with van der Waals surface area (Å²) in [5, 5.41) is 11.4. The van der Waals surface area contributed by atoms with E-state index >= 15 is 0 Å². The van der Waals surface area contributed by atoms with Gasteiger partial charge < -0.3 is 30.0 Å². The predicted molar refractivity (Wildman–Crippen MR) is 149 cm³/mol. The minimum atomic E-state index is -0.799. The van der Waals surface area contributed by atoms with E-state index in [0.717, 1.165) is 31.5 Å². The number of carbonyl (C=O) groups is 3. The molecule has 214 valence electrons. The second-order valence-corrected chi connectivity index (χ2v) is 9.95. The molecule has 2 aromatic rings. The number of primary amides is 1. The monoisotopic (exact) mass is 551 g/mol. The Balaban J connectivity index is 1.68. The van der Waals surface area contributed by atoms with Crippen molar-refractivity contribution in [1.82, 2.24) is 9.80 Å². The van der Waals surface area contributed by atoms with E-state index in [-0.39, 0.29) is 17.9 Å². The summed E-state index contributed by atoms with van der Waals surface area (Å²) in [5.41, 5.74) is 7.07. The molecule has 4 rings (SSSR count). The molecule has 1 atom stereocenters. The fourth-order valence-electron chi connectivity index (χ4n) is 4.87. The Bertz CT molecular complexity index is 1250. The Hall–Kier alpha value is -3.89. The minimum Gasteiger partial charge on any atom is -0.507 e. The van der Waals surface area contributed by atoms with Gasteiger partial charge in [-0.05, 0) is 54.8 Å². The van der Waals surface area contributed by atoms with E-state index in [1.54, 1.807) is 42.5 Å². The maximum Gasteiger partial charge on any atom is 0.295 e. The molecule has 0 bridgehead atoms. The summed E-state index contributed by atoms with van der Waals surface area (Å²) in [6, 6.07) is 11.2. The molecule has 2 heterocycles. The maximum atomic E-state index is 13.4. The summed E-state index contributed by atoms with van der Waals surface area (Å²) in [6.07, 6.45) is 1.95. The second-order valence-electron chi connectivity index (χ2n) is 9.95. The van der Waals surface area contributed by atoms with Crippen LogP contribution >= 0.6 is 0 Å². The van der Waals surface area contributed by atoms with Crippen molar-refractivity contribution in [2.24, 2.45) is 5.73 Å². The third-order valence-corrected chi connectivity index (χ3v) is 7.08. The number of benzene rings is 2. The number of nitrogens with two attached hydrogens (primary N) is 1. The van der Waals surface area contributed by atoms with Gasteiger partial charge >= 0.3 is 0 Å². The van der Waals surface area contributed by atoms with Crippen molar-refractivity contribution < 1.29 is 33.7 Å². The summed E-state index contributed by atoms with van der Waals surface area (Å²) in [6.45, 7) is 7.88. The number of amides is 2. The van der Waals surface area contributed by atoms with E-state index in [1.807, 2.05) is 6.92 Å². The molecule has 2 amide bonds. The molecule has 3 N–H and O–H groups in total. The Kier molecular flexibility index (Phi) is 9.79. The molecule has 0 aliphatic carbocycles. The first-order valence-electron chi connectivity index (χ1n) is 13.6. The summed E-state index contributed by atoms with van der Waals surface area (Å²) in [5.74, 6) is -1.11. The van der Waals surface area contributed by atoms with Crippen LogP contribution in [0.3, 0.4) is 0 Å². The molecule has 0 spiro atoms. The first-order valence-corrected chi connectivity index (χ1v) is 13.6. The maximum absolute atomic E-state index is 13.4. The van der Waals surface area contributed by atoms with E-state index in [0.29, 0.717) is 55.5 Å². The molecule has 2 saturated heterocycles. The number of carbonyl (C=O) groups excluding carboxylic acids is 3. The standard InChI is InChI=1S/C30H37N3O7/c1-3-4-15-39-24-10-7-22(18-20(24)2)28(35)26-27(21-5-8-23(9-6-21)40-19-25(31)34)33(30(37)29(26)36)12-11-32-13-16-38-17-14-32/h5-10,18,27,35H,3-4,11-17,19H2,1-2H3,(H2,31,34). The summed E-state index contributed by atoms with van der Waals surface area (Å²) in [4.78, 5) is 41.5. The van der Waals surface area contributed by atoms with E-state index < -0.39 is 23.6 Å². The average Bonchev–Trinajstić information content (AvgIpc) is 3.21. The van der Waals surface area contributed by atoms with Gasteiger partial charge in [0.05, 0.1) is 31.4 Å². The van der Waals surface area contributed by atoms with Gasteiger partial charge in [-0.1, -0.05) is 25.5 Å².